The lowest BCUT2D eigenvalue weighted by Crippen LogP contribution is -2.42. The van der Waals surface area contributed by atoms with Gasteiger partial charge in [-0.05, 0) is 18.6 Å². The number of carbonyl (C=O) groups is 2. The van der Waals surface area contributed by atoms with E-state index in [9.17, 15) is 19.8 Å². The molecule has 0 aliphatic heterocycles. The van der Waals surface area contributed by atoms with Crippen LogP contribution in [0.5, 0.6) is 5.75 Å². The molecular formula is C14H15N3O4. The molecule has 1 amide bonds. The van der Waals surface area contributed by atoms with Crippen LogP contribution in [0.3, 0.4) is 0 Å². The minimum Gasteiger partial charge on any atom is -0.507 e. The lowest BCUT2D eigenvalue weighted by atomic mass is 10.1. The van der Waals surface area contributed by atoms with Gasteiger partial charge in [0.25, 0.3) is 5.91 Å². The maximum Gasteiger partial charge on any atom is 0.326 e. The zero-order valence-corrected chi connectivity index (χ0v) is 11.3. The molecule has 7 nitrogen and oxygen atoms in total. The van der Waals surface area contributed by atoms with Crippen LogP contribution in [0.4, 0.5) is 0 Å². The highest BCUT2D eigenvalue weighted by Crippen LogP contribution is 2.21. The number of nitrogens with one attached hydrogen (secondary N) is 2. The van der Waals surface area contributed by atoms with E-state index in [1.807, 2.05) is 0 Å². The molecule has 1 atom stereocenters. The highest BCUT2D eigenvalue weighted by molar-refractivity contribution is 5.99. The molecule has 1 aromatic heterocycles. The predicted molar refractivity (Wildman–Crippen MR) is 74.0 cm³/mol. The number of phenols is 1. The van der Waals surface area contributed by atoms with Crippen LogP contribution >= 0.6 is 0 Å². The molecule has 2 aromatic rings. The van der Waals surface area contributed by atoms with E-state index in [1.165, 1.54) is 18.6 Å². The number of rotatable bonds is 5. The van der Waals surface area contributed by atoms with Crippen molar-refractivity contribution in [3.63, 3.8) is 0 Å². The third kappa shape index (κ3) is 3.38. The third-order valence-corrected chi connectivity index (χ3v) is 3.06. The van der Waals surface area contributed by atoms with Crippen LogP contribution in [0.15, 0.2) is 30.7 Å². The number of carboxylic acid groups (broad SMARTS) is 1. The van der Waals surface area contributed by atoms with Crippen molar-refractivity contribution < 1.29 is 19.8 Å². The topological polar surface area (TPSA) is 115 Å². The largest absolute Gasteiger partial charge is 0.507 e. The van der Waals surface area contributed by atoms with E-state index in [4.69, 9.17) is 0 Å². The van der Waals surface area contributed by atoms with Crippen molar-refractivity contribution in [2.24, 2.45) is 0 Å². The Morgan fingerprint density at radius 1 is 1.43 bits per heavy atom. The molecule has 2 rings (SSSR count). The van der Waals surface area contributed by atoms with Crippen molar-refractivity contribution in [3.8, 4) is 5.75 Å². The number of phenolic OH excluding ortho intramolecular Hbond substituents is 1. The van der Waals surface area contributed by atoms with Crippen molar-refractivity contribution in [2.75, 3.05) is 0 Å². The molecule has 0 aliphatic carbocycles. The van der Waals surface area contributed by atoms with E-state index in [2.05, 4.69) is 15.3 Å². The SMILES string of the molecule is Cc1cccc(C(=O)NC(Cc2cnc[nH]2)C(=O)O)c1O. The molecule has 110 valence electrons. The second-order valence-corrected chi connectivity index (χ2v) is 4.62. The number of hydrogen-bond acceptors (Lipinski definition) is 4. The summed E-state index contributed by atoms with van der Waals surface area (Å²) in [6.45, 7) is 1.66. The molecule has 0 bridgehead atoms. The van der Waals surface area contributed by atoms with Crippen molar-refractivity contribution in [1.82, 2.24) is 15.3 Å². The van der Waals surface area contributed by atoms with Crippen LogP contribution in [0, 0.1) is 6.92 Å². The Morgan fingerprint density at radius 3 is 2.81 bits per heavy atom. The number of carbonyl (C=O) groups excluding carboxylic acids is 1. The van der Waals surface area contributed by atoms with E-state index in [-0.39, 0.29) is 17.7 Å². The van der Waals surface area contributed by atoms with Crippen LogP contribution in [-0.4, -0.2) is 38.1 Å². The van der Waals surface area contributed by atoms with Crippen molar-refractivity contribution in [2.45, 2.75) is 19.4 Å². The fourth-order valence-corrected chi connectivity index (χ4v) is 1.89. The van der Waals surface area contributed by atoms with Gasteiger partial charge in [0.2, 0.25) is 0 Å². The maximum absolute atomic E-state index is 12.1. The first-order chi connectivity index (χ1) is 9.99. The molecule has 0 fully saturated rings. The molecule has 0 spiro atoms. The minimum atomic E-state index is -1.16. The number of hydrogen-bond donors (Lipinski definition) is 4. The molecule has 0 radical (unpaired) electrons. The summed E-state index contributed by atoms with van der Waals surface area (Å²) in [6, 6.07) is 3.60. The van der Waals surface area contributed by atoms with E-state index in [0.717, 1.165) is 0 Å². The molecule has 21 heavy (non-hydrogen) atoms. The van der Waals surface area contributed by atoms with Gasteiger partial charge in [0.15, 0.2) is 0 Å². The number of nitrogens with zero attached hydrogens (tertiary/aromatic N) is 1. The van der Waals surface area contributed by atoms with Crippen LogP contribution < -0.4 is 5.32 Å². The van der Waals surface area contributed by atoms with Gasteiger partial charge in [-0.1, -0.05) is 12.1 Å². The molecular weight excluding hydrogens is 274 g/mol. The highest BCUT2D eigenvalue weighted by atomic mass is 16.4. The molecule has 1 unspecified atom stereocenters. The molecule has 0 saturated carbocycles. The zero-order valence-electron chi connectivity index (χ0n) is 11.3. The van der Waals surface area contributed by atoms with Gasteiger partial charge in [-0.2, -0.15) is 0 Å². The number of carboxylic acids is 1. The zero-order chi connectivity index (χ0) is 15.4. The average molecular weight is 289 g/mol. The maximum atomic E-state index is 12.1. The van der Waals surface area contributed by atoms with Crippen LogP contribution in [0.2, 0.25) is 0 Å². The summed E-state index contributed by atoms with van der Waals surface area (Å²) in [6.07, 6.45) is 3.00. The third-order valence-electron chi connectivity index (χ3n) is 3.06. The van der Waals surface area contributed by atoms with Gasteiger partial charge < -0.3 is 20.5 Å². The van der Waals surface area contributed by atoms with E-state index in [1.54, 1.807) is 19.1 Å². The lowest BCUT2D eigenvalue weighted by molar-refractivity contribution is -0.139. The smallest absolute Gasteiger partial charge is 0.326 e. The van der Waals surface area contributed by atoms with E-state index in [0.29, 0.717) is 11.3 Å². The normalized spacial score (nSPS) is 11.9. The van der Waals surface area contributed by atoms with Gasteiger partial charge in [0.05, 0.1) is 11.9 Å². The summed E-state index contributed by atoms with van der Waals surface area (Å²) in [4.78, 5) is 29.9. The van der Waals surface area contributed by atoms with Gasteiger partial charge in [-0.15, -0.1) is 0 Å². The Kier molecular flexibility index (Phi) is 4.22. The summed E-state index contributed by atoms with van der Waals surface area (Å²) < 4.78 is 0. The second kappa shape index (κ2) is 6.08. The number of benzene rings is 1. The minimum absolute atomic E-state index is 0.0471. The predicted octanol–water partition coefficient (Wildman–Crippen LogP) is 0.849. The number of aryl methyl sites for hydroxylation is 1. The Bertz CT molecular complexity index is 652. The monoisotopic (exact) mass is 289 g/mol. The second-order valence-electron chi connectivity index (χ2n) is 4.62. The fraction of sp³-hybridized carbons (Fsp3) is 0.214. The number of amides is 1. The number of para-hydroxylation sites is 1. The van der Waals surface area contributed by atoms with E-state index < -0.39 is 17.9 Å². The standard InChI is InChI=1S/C14H15N3O4/c1-8-3-2-4-10(12(8)18)13(19)17-11(14(20)21)5-9-6-15-7-16-9/h2-4,6-7,11,18H,5H2,1H3,(H,15,16)(H,17,19)(H,20,21). The molecule has 1 aromatic carbocycles. The summed E-state index contributed by atoms with van der Waals surface area (Å²) in [5, 5.41) is 21.4. The first-order valence-corrected chi connectivity index (χ1v) is 6.28. The molecule has 1 heterocycles. The number of aromatic nitrogens is 2. The number of H-pyrrole nitrogens is 1. The quantitative estimate of drug-likeness (QED) is 0.651. The lowest BCUT2D eigenvalue weighted by Gasteiger charge is -2.14. The van der Waals surface area contributed by atoms with Gasteiger partial charge in [-0.25, -0.2) is 9.78 Å². The summed E-state index contributed by atoms with van der Waals surface area (Å²) >= 11 is 0. The van der Waals surface area contributed by atoms with Crippen molar-refractivity contribution in [3.05, 3.63) is 47.5 Å². The highest BCUT2D eigenvalue weighted by Gasteiger charge is 2.23. The van der Waals surface area contributed by atoms with E-state index >= 15 is 0 Å². The Labute approximate surface area is 120 Å². The molecule has 0 aliphatic rings. The van der Waals surface area contributed by atoms with Crippen LogP contribution in [0.1, 0.15) is 21.6 Å². The van der Waals surface area contributed by atoms with Crippen LogP contribution in [0.25, 0.3) is 0 Å². The fourth-order valence-electron chi connectivity index (χ4n) is 1.89. The molecule has 4 N–H and O–H groups in total. The first-order valence-electron chi connectivity index (χ1n) is 6.28. The summed E-state index contributed by atoms with van der Waals surface area (Å²) in [5.74, 6) is -1.95. The Morgan fingerprint density at radius 2 is 2.19 bits per heavy atom. The van der Waals surface area contributed by atoms with Gasteiger partial charge in [0, 0.05) is 18.3 Å². The summed E-state index contributed by atoms with van der Waals surface area (Å²) in [7, 11) is 0. The van der Waals surface area contributed by atoms with Crippen molar-refractivity contribution >= 4 is 11.9 Å². The number of imidazole rings is 1. The first kappa shape index (κ1) is 14.6. The Hall–Kier alpha value is -2.83. The molecule has 0 saturated heterocycles. The Balaban J connectivity index is 2.15. The summed E-state index contributed by atoms with van der Waals surface area (Å²) in [5.41, 5.74) is 1.19. The van der Waals surface area contributed by atoms with Gasteiger partial charge >= 0.3 is 5.97 Å². The number of aliphatic carboxylic acids is 1. The van der Waals surface area contributed by atoms with Crippen LogP contribution in [-0.2, 0) is 11.2 Å². The van der Waals surface area contributed by atoms with Gasteiger partial charge in [0.1, 0.15) is 11.8 Å². The number of aromatic hydroxyl groups is 1. The van der Waals surface area contributed by atoms with Gasteiger partial charge in [-0.3, -0.25) is 4.79 Å². The average Bonchev–Trinajstić information content (AvgIpc) is 2.93. The number of aromatic amines is 1. The van der Waals surface area contributed by atoms with Crippen molar-refractivity contribution in [1.29, 1.82) is 0 Å². The molecule has 7 heteroatoms.